The van der Waals surface area contributed by atoms with Gasteiger partial charge >= 0.3 is 5.97 Å². The molecule has 0 bridgehead atoms. The zero-order valence-electron chi connectivity index (χ0n) is 71.8. The molecule has 0 aliphatic heterocycles. The molecule has 0 radical (unpaired) electrons. The van der Waals surface area contributed by atoms with E-state index in [1.807, 2.05) is 0 Å². The maximum atomic E-state index is 15.5. The second-order valence-corrected chi connectivity index (χ2v) is 35.7. The molecule has 0 heterocycles. The summed E-state index contributed by atoms with van der Waals surface area (Å²) in [5, 5.41) is 20.4. The highest BCUT2D eigenvalue weighted by molar-refractivity contribution is 5.79. The van der Waals surface area contributed by atoms with Crippen LogP contribution in [0.5, 0.6) is 0 Å². The Morgan fingerprint density at radius 2 is 0.549 bits per heavy atom. The van der Waals surface area contributed by atoms with Crippen LogP contribution in [-0.4, -0.2) is 138 Å². The molecule has 0 rings (SSSR count). The van der Waals surface area contributed by atoms with Gasteiger partial charge in [0.05, 0.1) is 88.0 Å². The Balaban J connectivity index is 7.14. The molecule has 102 heavy (non-hydrogen) atoms. The average molecular weight is 1440 g/mol. The zero-order chi connectivity index (χ0) is 75.5. The van der Waals surface area contributed by atoms with Crippen LogP contribution in [0.3, 0.4) is 0 Å². The first-order valence-electron chi connectivity index (χ1n) is 45.8. The van der Waals surface area contributed by atoms with Crippen molar-refractivity contribution in [3.63, 3.8) is 0 Å². The number of carbonyl (C=O) groups is 3. The highest BCUT2D eigenvalue weighted by Gasteiger charge is 2.34. The number of hydrogen-bond donors (Lipinski definition) is 4. The van der Waals surface area contributed by atoms with E-state index in [0.717, 1.165) is 131 Å². The molecule has 0 aromatic heterocycles. The summed E-state index contributed by atoms with van der Waals surface area (Å²) in [7, 11) is 13.7. The lowest BCUT2D eigenvalue weighted by Gasteiger charge is -2.33. The van der Waals surface area contributed by atoms with Gasteiger partial charge in [-0.1, -0.05) is 344 Å². The monoisotopic (exact) mass is 1440 g/mol. The lowest BCUT2D eigenvalue weighted by molar-refractivity contribution is -0.890. The van der Waals surface area contributed by atoms with E-state index in [1.165, 1.54) is 308 Å². The molecule has 10 heteroatoms. The lowest BCUT2D eigenvalue weighted by atomic mass is 9.74. The minimum atomic E-state index is -0.731. The van der Waals surface area contributed by atoms with E-state index in [4.69, 9.17) is 0 Å². The number of unbranched alkanes of at least 4 members (excludes halogenated alkanes) is 41. The van der Waals surface area contributed by atoms with Crippen molar-refractivity contribution in [3.05, 3.63) is 12.3 Å². The van der Waals surface area contributed by atoms with E-state index in [0.29, 0.717) is 22.9 Å². The first-order valence-corrected chi connectivity index (χ1v) is 45.8. The third-order valence-corrected chi connectivity index (χ3v) is 24.0. The third kappa shape index (κ3) is 62.8. The van der Waals surface area contributed by atoms with Crippen LogP contribution in [0, 0.1) is 35.5 Å². The van der Waals surface area contributed by atoms with Gasteiger partial charge in [-0.2, -0.15) is 0 Å². The molecule has 606 valence electrons. The molecule has 0 fully saturated rings. The summed E-state index contributed by atoms with van der Waals surface area (Å²) in [6.45, 7) is 29.3. The van der Waals surface area contributed by atoms with Crippen LogP contribution in [-0.2, 0) is 14.4 Å². The van der Waals surface area contributed by atoms with Gasteiger partial charge in [0, 0.05) is 56.4 Å². The molecule has 0 saturated heterocycles. The van der Waals surface area contributed by atoms with E-state index in [9.17, 15) is 9.90 Å². The Labute approximate surface area is 639 Å². The molecular weight excluding hydrogens is 1250 g/mol. The fraction of sp³-hybridized carbons (Fsp3) is 0.946. The Kier molecular flexibility index (Phi) is 67.8. The van der Waals surface area contributed by atoms with Crippen molar-refractivity contribution in [3.8, 4) is 0 Å². The summed E-state index contributed by atoms with van der Waals surface area (Å²) < 4.78 is 2.69. The fourth-order valence-electron chi connectivity index (χ4n) is 16.3. The van der Waals surface area contributed by atoms with Crippen LogP contribution in [0.1, 0.15) is 427 Å². The largest absolute Gasteiger partial charge is 0.481 e. The van der Waals surface area contributed by atoms with Crippen LogP contribution < -0.4 is 16.0 Å². The van der Waals surface area contributed by atoms with Gasteiger partial charge in [0.2, 0.25) is 11.8 Å². The van der Waals surface area contributed by atoms with Crippen LogP contribution in [0.4, 0.5) is 0 Å². The SMILES string of the molecule is C=C(NCCC[N+](C)(C)CCC(=O)O)C(C)CCC(CCCCCCCCCCCCCCCC)C(CCC(CCCCCCCCCCCCCCCC)C(CCC(C)CCCCCCCCCCCCCCCC)C(=O)NCCC[N+](C)(C)CCCC)C(=O)NCCC[N+](C)(C)CCCC. The van der Waals surface area contributed by atoms with Gasteiger partial charge in [0.15, 0.2) is 0 Å². The van der Waals surface area contributed by atoms with E-state index in [-0.39, 0.29) is 41.9 Å². The molecule has 0 aliphatic rings. The molecule has 0 spiro atoms. The van der Waals surface area contributed by atoms with Gasteiger partial charge in [0.1, 0.15) is 0 Å². The first kappa shape index (κ1) is 99.8. The summed E-state index contributed by atoms with van der Waals surface area (Å²) >= 11 is 0. The quantitative estimate of drug-likeness (QED) is 0.0358. The number of carboxylic acid groups (broad SMARTS) is 1. The number of rotatable bonds is 81. The van der Waals surface area contributed by atoms with Gasteiger partial charge in [0.25, 0.3) is 0 Å². The summed E-state index contributed by atoms with van der Waals surface area (Å²) in [6, 6.07) is 0. The van der Waals surface area contributed by atoms with Gasteiger partial charge in [-0.15, -0.1) is 0 Å². The van der Waals surface area contributed by atoms with Gasteiger partial charge in [-0.05, 0) is 87.9 Å². The number of carboxylic acids is 1. The van der Waals surface area contributed by atoms with Crippen molar-refractivity contribution in [2.24, 2.45) is 35.5 Å². The minimum Gasteiger partial charge on any atom is -0.481 e. The zero-order valence-corrected chi connectivity index (χ0v) is 71.8. The van der Waals surface area contributed by atoms with Gasteiger partial charge in [-0.25, -0.2) is 0 Å². The number of nitrogens with one attached hydrogen (secondary N) is 3. The summed E-state index contributed by atoms with van der Waals surface area (Å²) in [5.74, 6) is 1.04. The van der Waals surface area contributed by atoms with E-state index >= 15 is 9.59 Å². The van der Waals surface area contributed by atoms with Gasteiger partial charge in [-0.3, -0.25) is 14.4 Å². The van der Waals surface area contributed by atoms with E-state index in [2.05, 4.69) is 113 Å². The maximum Gasteiger partial charge on any atom is 0.309 e. The van der Waals surface area contributed by atoms with Gasteiger partial charge < -0.3 is 34.5 Å². The number of quaternary nitrogens is 3. The topological polar surface area (TPSA) is 108 Å². The van der Waals surface area contributed by atoms with Crippen molar-refractivity contribution in [1.29, 1.82) is 0 Å². The third-order valence-electron chi connectivity index (χ3n) is 24.0. The van der Waals surface area contributed by atoms with Crippen molar-refractivity contribution in [2.45, 2.75) is 427 Å². The van der Waals surface area contributed by atoms with Crippen molar-refractivity contribution < 1.29 is 32.9 Å². The predicted molar refractivity (Wildman–Crippen MR) is 449 cm³/mol. The second kappa shape index (κ2) is 69.3. The molecule has 0 aromatic rings. The van der Waals surface area contributed by atoms with Crippen LogP contribution in [0.25, 0.3) is 0 Å². The molecule has 0 aromatic carbocycles. The minimum absolute atomic E-state index is 0.0413. The number of carbonyl (C=O) groups excluding carboxylic acids is 2. The molecule has 4 N–H and O–H groups in total. The lowest BCUT2D eigenvalue weighted by Crippen LogP contribution is -2.43. The summed E-state index contributed by atoms with van der Waals surface area (Å²) in [5.41, 5.74) is 1.08. The van der Waals surface area contributed by atoms with Crippen molar-refractivity contribution >= 4 is 17.8 Å². The molecule has 6 unspecified atom stereocenters. The average Bonchev–Trinajstić information content (AvgIpc) is 0.857. The number of hydrogen-bond acceptors (Lipinski definition) is 4. The molecule has 10 nitrogen and oxygen atoms in total. The number of amides is 2. The first-order chi connectivity index (χ1) is 49.2. The van der Waals surface area contributed by atoms with Crippen LogP contribution in [0.15, 0.2) is 12.3 Å². The van der Waals surface area contributed by atoms with E-state index < -0.39 is 5.97 Å². The fourth-order valence-corrected chi connectivity index (χ4v) is 16.3. The van der Waals surface area contributed by atoms with Crippen LogP contribution in [0.2, 0.25) is 0 Å². The maximum absolute atomic E-state index is 15.5. The Morgan fingerprint density at radius 3 is 0.863 bits per heavy atom. The Bertz CT molecular complexity index is 1870. The molecule has 0 aliphatic carbocycles. The summed E-state index contributed by atoms with van der Waals surface area (Å²) in [6.07, 6.45) is 74.2. The Hall–Kier alpha value is -2.17. The number of nitrogens with zero attached hydrogens (tertiary/aromatic N) is 3. The molecular formula is C92H187N6O4+3. The highest BCUT2D eigenvalue weighted by Crippen LogP contribution is 2.37. The number of allylic oxidation sites excluding steroid dienone is 1. The highest BCUT2D eigenvalue weighted by atomic mass is 16.4. The smallest absolute Gasteiger partial charge is 0.309 e. The standard InChI is InChI=1S/C92H184N6O4/c1-15-20-25-28-31-34-37-40-43-46-49-52-55-58-64-83(6)67-71-88(91(101)94-75-62-79-96(9,10)77-23-18-4)87(66-60-57-54-51-48-45-42-39-36-33-30-27-22-17-3)70-72-89(92(102)95-76-63-80-97(11,12)78-24-19-5)86(65-59-56-53-50-47-44-41-38-35-32-29-26-21-16-2)69-68-84(7)85(8)93-74-61-81-98(13,14)82-73-90(99)100/h83-84,86-89,93H,8,15-82H2,1-7,9-14H3/p+3. The van der Waals surface area contributed by atoms with Crippen molar-refractivity contribution in [2.75, 3.05) is 101 Å². The van der Waals surface area contributed by atoms with Crippen molar-refractivity contribution in [1.82, 2.24) is 16.0 Å². The molecule has 2 amide bonds. The van der Waals surface area contributed by atoms with Crippen LogP contribution >= 0.6 is 0 Å². The second-order valence-electron chi connectivity index (χ2n) is 35.7. The predicted octanol–water partition coefficient (Wildman–Crippen LogP) is 25.5. The molecule has 0 saturated carbocycles. The normalized spacial score (nSPS) is 14.0. The molecule has 6 atom stereocenters. The summed E-state index contributed by atoms with van der Waals surface area (Å²) in [4.78, 5) is 42.3. The number of aliphatic carboxylic acids is 1. The Morgan fingerprint density at radius 1 is 0.294 bits per heavy atom. The van der Waals surface area contributed by atoms with E-state index in [1.54, 1.807) is 0 Å².